The van der Waals surface area contributed by atoms with Gasteiger partial charge < -0.3 is 0 Å². The molecule has 0 aliphatic rings. The zero-order chi connectivity index (χ0) is 13.9. The second-order valence-electron chi connectivity index (χ2n) is 3.96. The minimum absolute atomic E-state index is 0.178. The maximum absolute atomic E-state index is 13.0. The third-order valence-electron chi connectivity index (χ3n) is 2.59. The summed E-state index contributed by atoms with van der Waals surface area (Å²) in [7, 11) is 0. The first-order valence-corrected chi connectivity index (χ1v) is 6.64. The van der Waals surface area contributed by atoms with Gasteiger partial charge in [0.25, 0.3) is 5.56 Å². The van der Waals surface area contributed by atoms with E-state index in [1.54, 1.807) is 6.07 Å². The van der Waals surface area contributed by atoms with Crippen molar-refractivity contribution >= 4 is 22.7 Å². The minimum atomic E-state index is -0.400. The normalized spacial score (nSPS) is 11.2. The van der Waals surface area contributed by atoms with E-state index < -0.39 is 5.82 Å². The van der Waals surface area contributed by atoms with Crippen LogP contribution in [0.2, 0.25) is 0 Å². The van der Waals surface area contributed by atoms with E-state index in [0.29, 0.717) is 11.4 Å². The van der Waals surface area contributed by atoms with Crippen molar-refractivity contribution < 1.29 is 4.39 Å². The van der Waals surface area contributed by atoms with Gasteiger partial charge in [0.15, 0.2) is 5.69 Å². The summed E-state index contributed by atoms with van der Waals surface area (Å²) in [6, 6.07) is 9.45. The summed E-state index contributed by atoms with van der Waals surface area (Å²) < 4.78 is 13.0. The molecule has 0 aliphatic heterocycles. The molecule has 7 heteroatoms. The highest BCUT2D eigenvalue weighted by molar-refractivity contribution is 7.13. The van der Waals surface area contributed by atoms with Crippen LogP contribution in [0.5, 0.6) is 0 Å². The Kier molecular flexibility index (Phi) is 3.26. The van der Waals surface area contributed by atoms with E-state index in [2.05, 4.69) is 20.4 Å². The van der Waals surface area contributed by atoms with E-state index in [0.717, 1.165) is 4.88 Å². The molecule has 0 unspecified atom stereocenters. The second kappa shape index (κ2) is 5.22. The van der Waals surface area contributed by atoms with Gasteiger partial charge in [0, 0.05) is 6.07 Å². The van der Waals surface area contributed by atoms with Crippen LogP contribution < -0.4 is 5.56 Å². The highest BCUT2D eigenvalue weighted by Crippen LogP contribution is 2.29. The molecule has 2 aromatic heterocycles. The lowest BCUT2D eigenvalue weighted by molar-refractivity contribution is 0.628. The Morgan fingerprint density at radius 2 is 2.00 bits per heavy atom. The van der Waals surface area contributed by atoms with E-state index in [-0.39, 0.29) is 11.2 Å². The number of hydrogen-bond donors (Lipinski definition) is 2. The summed E-state index contributed by atoms with van der Waals surface area (Å²) in [5.74, 6) is -0.400. The Morgan fingerprint density at radius 3 is 2.75 bits per heavy atom. The standard InChI is InChI=1S/C13H9FN4OS/c14-8-3-1-4-9(7-8)15-17-12-11(16-18-13(12)19)10-5-2-6-20-10/h1-7H,(H2,16,18,19). The van der Waals surface area contributed by atoms with Crippen LogP contribution in [-0.4, -0.2) is 10.2 Å². The van der Waals surface area contributed by atoms with Gasteiger partial charge in [-0.3, -0.25) is 15.0 Å². The smallest absolute Gasteiger partial charge is 0.292 e. The fraction of sp³-hybridized carbons (Fsp3) is 0. The zero-order valence-corrected chi connectivity index (χ0v) is 10.9. The fourth-order valence-corrected chi connectivity index (χ4v) is 2.42. The van der Waals surface area contributed by atoms with E-state index in [1.165, 1.54) is 29.5 Å². The highest BCUT2D eigenvalue weighted by Gasteiger charge is 2.12. The van der Waals surface area contributed by atoms with Gasteiger partial charge in [-0.15, -0.1) is 16.5 Å². The number of rotatable bonds is 3. The largest absolute Gasteiger partial charge is 0.294 e. The van der Waals surface area contributed by atoms with Crippen molar-refractivity contribution in [3.8, 4) is 10.6 Å². The molecule has 1 aromatic carbocycles. The van der Waals surface area contributed by atoms with E-state index >= 15 is 0 Å². The van der Waals surface area contributed by atoms with Crippen LogP contribution in [0.25, 0.3) is 10.6 Å². The lowest BCUT2D eigenvalue weighted by atomic mass is 10.3. The Hall–Kier alpha value is -2.54. The number of azo groups is 1. The van der Waals surface area contributed by atoms with Crippen LogP contribution in [0.15, 0.2) is 56.8 Å². The van der Waals surface area contributed by atoms with Gasteiger partial charge in [-0.2, -0.15) is 5.11 Å². The molecular formula is C13H9FN4OS. The van der Waals surface area contributed by atoms with Gasteiger partial charge in [0.2, 0.25) is 0 Å². The van der Waals surface area contributed by atoms with E-state index in [4.69, 9.17) is 0 Å². The molecule has 20 heavy (non-hydrogen) atoms. The van der Waals surface area contributed by atoms with Gasteiger partial charge in [0.1, 0.15) is 11.5 Å². The first-order valence-electron chi connectivity index (χ1n) is 5.76. The van der Waals surface area contributed by atoms with E-state index in [9.17, 15) is 9.18 Å². The van der Waals surface area contributed by atoms with Crippen molar-refractivity contribution in [1.82, 2.24) is 10.2 Å². The maximum Gasteiger partial charge on any atom is 0.292 e. The average molecular weight is 288 g/mol. The topological polar surface area (TPSA) is 73.4 Å². The van der Waals surface area contributed by atoms with Gasteiger partial charge in [-0.1, -0.05) is 12.1 Å². The predicted molar refractivity (Wildman–Crippen MR) is 75.3 cm³/mol. The average Bonchev–Trinajstić information content (AvgIpc) is 3.06. The number of benzene rings is 1. The highest BCUT2D eigenvalue weighted by atomic mass is 32.1. The number of aromatic amines is 2. The lowest BCUT2D eigenvalue weighted by Crippen LogP contribution is -1.96. The van der Waals surface area contributed by atoms with Crippen LogP contribution in [0, 0.1) is 5.82 Å². The minimum Gasteiger partial charge on any atom is -0.294 e. The number of nitrogens with zero attached hydrogens (tertiary/aromatic N) is 2. The van der Waals surface area contributed by atoms with E-state index in [1.807, 2.05) is 17.5 Å². The van der Waals surface area contributed by atoms with Crippen LogP contribution in [0.3, 0.4) is 0 Å². The molecule has 0 fully saturated rings. The third kappa shape index (κ3) is 2.43. The number of halogens is 1. The number of nitrogens with one attached hydrogen (secondary N) is 2. The number of H-pyrrole nitrogens is 2. The summed E-state index contributed by atoms with van der Waals surface area (Å²) in [6.07, 6.45) is 0. The van der Waals surface area contributed by atoms with Crippen molar-refractivity contribution in [2.45, 2.75) is 0 Å². The first-order chi connectivity index (χ1) is 9.74. The van der Waals surface area contributed by atoms with Crippen molar-refractivity contribution in [3.05, 3.63) is 57.9 Å². The molecule has 0 radical (unpaired) electrons. The van der Waals surface area contributed by atoms with Crippen LogP contribution in [-0.2, 0) is 0 Å². The van der Waals surface area contributed by atoms with Crippen molar-refractivity contribution in [3.63, 3.8) is 0 Å². The summed E-state index contributed by atoms with van der Waals surface area (Å²) in [4.78, 5) is 12.6. The predicted octanol–water partition coefficient (Wildman–Crippen LogP) is 3.99. The SMILES string of the molecule is O=c1[nH][nH]c(-c2cccs2)c1N=Nc1cccc(F)c1. The first kappa shape index (κ1) is 12.5. The fourth-order valence-electron chi connectivity index (χ4n) is 1.69. The Bertz CT molecular complexity index is 804. The molecule has 3 aromatic rings. The molecule has 5 nitrogen and oxygen atoms in total. The lowest BCUT2D eigenvalue weighted by Gasteiger charge is -1.94. The molecule has 0 bridgehead atoms. The molecule has 2 N–H and O–H groups in total. The summed E-state index contributed by atoms with van der Waals surface area (Å²) in [5.41, 5.74) is 0.734. The molecule has 0 saturated carbocycles. The van der Waals surface area contributed by atoms with Crippen LogP contribution in [0.4, 0.5) is 15.8 Å². The van der Waals surface area contributed by atoms with Gasteiger partial charge in [0.05, 0.1) is 10.6 Å². The Morgan fingerprint density at radius 1 is 1.10 bits per heavy atom. The maximum atomic E-state index is 13.0. The second-order valence-corrected chi connectivity index (χ2v) is 4.91. The number of hydrogen-bond acceptors (Lipinski definition) is 4. The molecule has 2 heterocycles. The van der Waals surface area contributed by atoms with Gasteiger partial charge >= 0.3 is 0 Å². The molecule has 3 rings (SSSR count). The summed E-state index contributed by atoms with van der Waals surface area (Å²) in [6.45, 7) is 0. The molecular weight excluding hydrogens is 279 g/mol. The quantitative estimate of drug-likeness (QED) is 0.703. The number of thiophene rings is 1. The molecule has 0 aliphatic carbocycles. The summed E-state index contributed by atoms with van der Waals surface area (Å²) >= 11 is 1.48. The molecule has 0 saturated heterocycles. The van der Waals surface area contributed by atoms with Crippen LogP contribution >= 0.6 is 11.3 Å². The Labute approximate surface area is 116 Å². The molecule has 0 atom stereocenters. The molecule has 100 valence electrons. The monoisotopic (exact) mass is 288 g/mol. The van der Waals surface area contributed by atoms with Crippen molar-refractivity contribution in [2.75, 3.05) is 0 Å². The van der Waals surface area contributed by atoms with Crippen molar-refractivity contribution in [1.29, 1.82) is 0 Å². The molecule has 0 amide bonds. The Balaban J connectivity index is 1.99. The van der Waals surface area contributed by atoms with Crippen molar-refractivity contribution in [2.24, 2.45) is 10.2 Å². The van der Waals surface area contributed by atoms with Gasteiger partial charge in [-0.05, 0) is 23.6 Å². The third-order valence-corrected chi connectivity index (χ3v) is 3.48. The summed E-state index contributed by atoms with van der Waals surface area (Å²) in [5, 5.41) is 15.0. The zero-order valence-electron chi connectivity index (χ0n) is 10.1. The number of aromatic nitrogens is 2. The van der Waals surface area contributed by atoms with Gasteiger partial charge in [-0.25, -0.2) is 4.39 Å². The molecule has 0 spiro atoms. The van der Waals surface area contributed by atoms with Crippen LogP contribution in [0.1, 0.15) is 0 Å².